The van der Waals surface area contributed by atoms with Gasteiger partial charge in [-0.2, -0.15) is 0 Å². The summed E-state index contributed by atoms with van der Waals surface area (Å²) in [6.07, 6.45) is 2.11. The largest absolute Gasteiger partial charge is 0.481 e. The zero-order chi connectivity index (χ0) is 27.6. The summed E-state index contributed by atoms with van der Waals surface area (Å²) in [6.45, 7) is 11.8. The molecule has 3 saturated carbocycles. The van der Waals surface area contributed by atoms with E-state index >= 15 is 0 Å². The van der Waals surface area contributed by atoms with Crippen molar-refractivity contribution in [2.24, 2.45) is 23.2 Å². The lowest BCUT2D eigenvalue weighted by atomic mass is 9.44. The number of hydrogen-bond donors (Lipinski definition) is 3. The average molecular weight is 520 g/mol. The number of amides is 3. The highest BCUT2D eigenvalue weighted by atomic mass is 16.4. The first-order valence-corrected chi connectivity index (χ1v) is 13.7. The van der Waals surface area contributed by atoms with Crippen molar-refractivity contribution in [2.45, 2.75) is 72.4 Å². The van der Waals surface area contributed by atoms with E-state index in [-0.39, 0.29) is 30.9 Å². The number of nitrogens with one attached hydrogen (secondary N) is 2. The number of carbonyl (C=O) groups is 3. The number of fused-ring (bicyclic) bond motifs is 2. The van der Waals surface area contributed by atoms with Crippen LogP contribution in [0.4, 0.5) is 10.5 Å². The second-order valence-corrected chi connectivity index (χ2v) is 12.0. The molecule has 0 aliphatic heterocycles. The van der Waals surface area contributed by atoms with Gasteiger partial charge in [-0.05, 0) is 77.3 Å². The lowest BCUT2D eigenvalue weighted by Crippen LogP contribution is -2.61. The number of carbonyl (C=O) groups excluding carboxylic acids is 2. The van der Waals surface area contributed by atoms with Crippen molar-refractivity contribution in [3.63, 3.8) is 0 Å². The minimum atomic E-state index is -0.951. The molecule has 38 heavy (non-hydrogen) atoms. The Morgan fingerprint density at radius 1 is 1.03 bits per heavy atom. The van der Waals surface area contributed by atoms with Crippen LogP contribution in [-0.4, -0.2) is 40.5 Å². The monoisotopic (exact) mass is 519 g/mol. The van der Waals surface area contributed by atoms with Crippen molar-refractivity contribution in [3.8, 4) is 0 Å². The van der Waals surface area contributed by atoms with Gasteiger partial charge in [-0.3, -0.25) is 9.59 Å². The van der Waals surface area contributed by atoms with Gasteiger partial charge in [0.2, 0.25) is 0 Å². The quantitative estimate of drug-likeness (QED) is 0.372. The molecule has 2 bridgehead atoms. The van der Waals surface area contributed by atoms with E-state index in [0.29, 0.717) is 41.2 Å². The van der Waals surface area contributed by atoms with Gasteiger partial charge in [-0.1, -0.05) is 58.9 Å². The third-order valence-electron chi connectivity index (χ3n) is 9.00. The van der Waals surface area contributed by atoms with Gasteiger partial charge in [0.1, 0.15) is 0 Å². The topological polar surface area (TPSA) is 98.7 Å². The molecular formula is C31H41N3O4. The summed E-state index contributed by atoms with van der Waals surface area (Å²) >= 11 is 0. The number of urea groups is 1. The summed E-state index contributed by atoms with van der Waals surface area (Å²) in [7, 11) is 0. The summed E-state index contributed by atoms with van der Waals surface area (Å²) in [4.78, 5) is 38.7. The van der Waals surface area contributed by atoms with E-state index in [4.69, 9.17) is 5.11 Å². The van der Waals surface area contributed by atoms with E-state index < -0.39 is 5.97 Å². The Morgan fingerprint density at radius 2 is 1.68 bits per heavy atom. The van der Waals surface area contributed by atoms with Gasteiger partial charge in [0.05, 0.1) is 6.42 Å². The maximum Gasteiger partial charge on any atom is 0.322 e. The van der Waals surface area contributed by atoms with Crippen LogP contribution < -0.4 is 10.6 Å². The third kappa shape index (κ3) is 5.87. The molecular weight excluding hydrogens is 478 g/mol. The van der Waals surface area contributed by atoms with Gasteiger partial charge in [0.15, 0.2) is 0 Å². The minimum absolute atomic E-state index is 0.0836. The molecule has 3 amide bonds. The molecule has 3 fully saturated rings. The van der Waals surface area contributed by atoms with Gasteiger partial charge in [0, 0.05) is 30.4 Å². The molecule has 4 unspecified atom stereocenters. The van der Waals surface area contributed by atoms with E-state index in [2.05, 4.69) is 57.4 Å². The fourth-order valence-electron chi connectivity index (χ4n) is 6.36. The molecule has 7 heteroatoms. The minimum Gasteiger partial charge on any atom is -0.481 e. The Hall–Kier alpha value is -3.35. The number of aliphatic carboxylic acids is 1. The fourth-order valence-corrected chi connectivity index (χ4v) is 6.36. The first-order valence-electron chi connectivity index (χ1n) is 13.7. The molecule has 0 heterocycles. The number of rotatable bonds is 9. The molecule has 3 aliphatic carbocycles. The van der Waals surface area contributed by atoms with Crippen LogP contribution in [0, 0.1) is 23.2 Å². The van der Waals surface area contributed by atoms with Crippen LogP contribution in [0.15, 0.2) is 48.5 Å². The SMILES string of the molecule is CC(C)c1ccc(NC(=O)N(Cc2ccc(C(=O)NCCC(=O)O)cc2)C2CC3CC(C2C)C3(C)C)cc1. The Balaban J connectivity index is 1.50. The smallest absolute Gasteiger partial charge is 0.322 e. The van der Waals surface area contributed by atoms with Crippen molar-refractivity contribution in [1.82, 2.24) is 10.2 Å². The highest BCUT2D eigenvalue weighted by molar-refractivity contribution is 5.94. The van der Waals surface area contributed by atoms with Gasteiger partial charge >= 0.3 is 12.0 Å². The van der Waals surface area contributed by atoms with E-state index in [9.17, 15) is 14.4 Å². The first kappa shape index (κ1) is 27.7. The Bertz CT molecular complexity index is 1160. The Morgan fingerprint density at radius 3 is 2.24 bits per heavy atom. The summed E-state index contributed by atoms with van der Waals surface area (Å²) in [5.41, 5.74) is 3.75. The molecule has 0 saturated heterocycles. The van der Waals surface area contributed by atoms with E-state index in [1.807, 2.05) is 29.2 Å². The molecule has 4 atom stereocenters. The number of hydrogen-bond acceptors (Lipinski definition) is 3. The molecule has 5 rings (SSSR count). The van der Waals surface area contributed by atoms with E-state index in [1.54, 1.807) is 12.1 Å². The number of benzene rings is 2. The van der Waals surface area contributed by atoms with Crippen LogP contribution in [0.3, 0.4) is 0 Å². The summed E-state index contributed by atoms with van der Waals surface area (Å²) < 4.78 is 0. The molecule has 3 N–H and O–H groups in total. The molecule has 2 aromatic rings. The average Bonchev–Trinajstić information content (AvgIpc) is 2.87. The van der Waals surface area contributed by atoms with Crippen LogP contribution in [0.2, 0.25) is 0 Å². The molecule has 0 spiro atoms. The normalized spacial score (nSPS) is 23.3. The maximum atomic E-state index is 13.7. The molecule has 7 nitrogen and oxygen atoms in total. The van der Waals surface area contributed by atoms with Crippen LogP contribution in [0.5, 0.6) is 0 Å². The summed E-state index contributed by atoms with van der Waals surface area (Å²) in [5, 5.41) is 14.5. The van der Waals surface area contributed by atoms with Crippen LogP contribution >= 0.6 is 0 Å². The number of anilines is 1. The Labute approximate surface area is 226 Å². The van der Waals surface area contributed by atoms with Crippen molar-refractivity contribution in [3.05, 3.63) is 65.2 Å². The van der Waals surface area contributed by atoms with Crippen molar-refractivity contribution in [1.29, 1.82) is 0 Å². The highest BCUT2D eigenvalue weighted by Crippen LogP contribution is 2.62. The van der Waals surface area contributed by atoms with Gasteiger partial charge in [0.25, 0.3) is 5.91 Å². The second-order valence-electron chi connectivity index (χ2n) is 12.0. The second kappa shape index (κ2) is 11.2. The van der Waals surface area contributed by atoms with E-state index in [1.165, 1.54) is 12.0 Å². The Kier molecular flexibility index (Phi) is 8.14. The first-order chi connectivity index (χ1) is 18.0. The predicted molar refractivity (Wildman–Crippen MR) is 149 cm³/mol. The lowest BCUT2D eigenvalue weighted by Gasteiger charge is -2.63. The highest BCUT2D eigenvalue weighted by Gasteiger charge is 2.57. The number of nitrogens with zero attached hydrogens (tertiary/aromatic N) is 1. The molecule has 0 aromatic heterocycles. The molecule has 0 radical (unpaired) electrons. The van der Waals surface area contributed by atoms with Gasteiger partial charge in [-0.25, -0.2) is 4.79 Å². The van der Waals surface area contributed by atoms with Gasteiger partial charge < -0.3 is 20.6 Å². The van der Waals surface area contributed by atoms with Crippen LogP contribution in [0.25, 0.3) is 0 Å². The zero-order valence-corrected chi connectivity index (χ0v) is 23.2. The van der Waals surface area contributed by atoms with Crippen molar-refractivity contribution < 1.29 is 19.5 Å². The number of carboxylic acid groups (broad SMARTS) is 1. The number of carboxylic acids is 1. The maximum absolute atomic E-state index is 13.7. The molecule has 2 aromatic carbocycles. The van der Waals surface area contributed by atoms with Gasteiger partial charge in [-0.15, -0.1) is 0 Å². The van der Waals surface area contributed by atoms with E-state index in [0.717, 1.165) is 17.7 Å². The van der Waals surface area contributed by atoms with Crippen molar-refractivity contribution >= 4 is 23.6 Å². The third-order valence-corrected chi connectivity index (χ3v) is 9.00. The fraction of sp³-hybridized carbons (Fsp3) is 0.516. The zero-order valence-electron chi connectivity index (χ0n) is 23.2. The van der Waals surface area contributed by atoms with Crippen molar-refractivity contribution in [2.75, 3.05) is 11.9 Å². The summed E-state index contributed by atoms with van der Waals surface area (Å²) in [5.74, 6) is 0.781. The summed E-state index contributed by atoms with van der Waals surface area (Å²) in [6, 6.07) is 15.3. The lowest BCUT2D eigenvalue weighted by molar-refractivity contribution is -0.136. The molecule has 3 aliphatic rings. The molecule has 204 valence electrons. The standard InChI is InChI=1S/C31H41N3O4/c1-19(2)22-10-12-25(13-11-22)33-30(38)34(27-17-24-16-26(20(27)3)31(24,4)5)18-21-6-8-23(9-7-21)29(37)32-15-14-28(35)36/h6-13,19-20,24,26-27H,14-18H2,1-5H3,(H,32,37)(H,33,38)(H,35,36). The predicted octanol–water partition coefficient (Wildman–Crippen LogP) is 6.12. The van der Waals surface area contributed by atoms with Crippen LogP contribution in [0.1, 0.15) is 81.3 Å². The van der Waals surface area contributed by atoms with Crippen LogP contribution in [-0.2, 0) is 11.3 Å².